The molecule has 1 aromatic rings. The second-order valence-corrected chi connectivity index (χ2v) is 6.19. The van der Waals surface area contributed by atoms with Crippen LogP contribution in [-0.4, -0.2) is 49.1 Å². The fourth-order valence-corrected chi connectivity index (χ4v) is 3.31. The fourth-order valence-electron chi connectivity index (χ4n) is 3.31. The van der Waals surface area contributed by atoms with Crippen molar-refractivity contribution in [3.05, 3.63) is 29.6 Å². The van der Waals surface area contributed by atoms with Crippen molar-refractivity contribution in [2.45, 2.75) is 19.4 Å². The maximum Gasteiger partial charge on any atom is 0.321 e. The van der Waals surface area contributed by atoms with Gasteiger partial charge in [-0.3, -0.25) is 9.69 Å². The van der Waals surface area contributed by atoms with E-state index in [2.05, 4.69) is 5.32 Å². The second kappa shape index (κ2) is 6.16. The van der Waals surface area contributed by atoms with Crippen LogP contribution in [0.3, 0.4) is 0 Å². The third kappa shape index (κ3) is 2.88. The number of anilines is 1. The topological polar surface area (TPSA) is 78.7 Å². The number of hydrogen-bond acceptors (Lipinski definition) is 3. The van der Waals surface area contributed by atoms with Gasteiger partial charge < -0.3 is 16.0 Å². The van der Waals surface area contributed by atoms with Crippen LogP contribution in [0.1, 0.15) is 23.7 Å². The SMILES string of the molecule is CC1CC(CN)CN1C(=O)c1cc(N2CCNC2=O)ccc1F. The summed E-state index contributed by atoms with van der Waals surface area (Å²) in [6, 6.07) is 4.04. The van der Waals surface area contributed by atoms with Gasteiger partial charge in [-0.05, 0) is 44.0 Å². The number of benzene rings is 1. The lowest BCUT2D eigenvalue weighted by Gasteiger charge is -2.23. The van der Waals surface area contributed by atoms with E-state index in [1.807, 2.05) is 6.92 Å². The minimum Gasteiger partial charge on any atom is -0.336 e. The van der Waals surface area contributed by atoms with Crippen molar-refractivity contribution in [2.24, 2.45) is 11.7 Å². The number of nitrogens with zero attached hydrogens (tertiary/aromatic N) is 2. The summed E-state index contributed by atoms with van der Waals surface area (Å²) in [5, 5.41) is 2.69. The summed E-state index contributed by atoms with van der Waals surface area (Å²) < 4.78 is 14.2. The molecule has 0 radical (unpaired) electrons. The molecular weight excluding hydrogens is 299 g/mol. The summed E-state index contributed by atoms with van der Waals surface area (Å²) in [5.41, 5.74) is 6.23. The molecule has 124 valence electrons. The van der Waals surface area contributed by atoms with Crippen LogP contribution in [0, 0.1) is 11.7 Å². The largest absolute Gasteiger partial charge is 0.336 e. The van der Waals surface area contributed by atoms with Gasteiger partial charge in [0.1, 0.15) is 5.82 Å². The van der Waals surface area contributed by atoms with Crippen molar-refractivity contribution < 1.29 is 14.0 Å². The molecule has 3 amide bonds. The van der Waals surface area contributed by atoms with E-state index in [4.69, 9.17) is 5.73 Å². The van der Waals surface area contributed by atoms with Crippen molar-refractivity contribution >= 4 is 17.6 Å². The molecule has 0 saturated carbocycles. The molecule has 2 heterocycles. The molecule has 2 aliphatic heterocycles. The van der Waals surface area contributed by atoms with E-state index in [1.54, 1.807) is 4.90 Å². The highest BCUT2D eigenvalue weighted by Gasteiger charge is 2.33. The predicted octanol–water partition coefficient (Wildman–Crippen LogP) is 1.16. The molecule has 0 aromatic heterocycles. The van der Waals surface area contributed by atoms with Crippen molar-refractivity contribution in [2.75, 3.05) is 31.1 Å². The average molecular weight is 320 g/mol. The second-order valence-electron chi connectivity index (χ2n) is 6.19. The van der Waals surface area contributed by atoms with Crippen LogP contribution in [-0.2, 0) is 0 Å². The van der Waals surface area contributed by atoms with Gasteiger partial charge in [-0.15, -0.1) is 0 Å². The number of carbonyl (C=O) groups excluding carboxylic acids is 2. The van der Waals surface area contributed by atoms with E-state index in [1.165, 1.54) is 23.1 Å². The van der Waals surface area contributed by atoms with Gasteiger partial charge in [0.05, 0.1) is 5.56 Å². The quantitative estimate of drug-likeness (QED) is 0.877. The Morgan fingerprint density at radius 2 is 2.26 bits per heavy atom. The van der Waals surface area contributed by atoms with E-state index >= 15 is 0 Å². The van der Waals surface area contributed by atoms with Crippen LogP contribution < -0.4 is 16.0 Å². The van der Waals surface area contributed by atoms with Crippen LogP contribution in [0.25, 0.3) is 0 Å². The first-order valence-electron chi connectivity index (χ1n) is 7.87. The first kappa shape index (κ1) is 15.7. The Labute approximate surface area is 134 Å². The van der Waals surface area contributed by atoms with Gasteiger partial charge in [0.25, 0.3) is 5.91 Å². The van der Waals surface area contributed by atoms with Crippen molar-refractivity contribution in [3.63, 3.8) is 0 Å². The average Bonchev–Trinajstić information content (AvgIpc) is 3.13. The standard InChI is InChI=1S/C16H21FN4O2/c1-10-6-11(8-18)9-21(10)15(22)13-7-12(2-3-14(13)17)20-5-4-19-16(20)23/h2-3,7,10-11H,4-6,8-9,18H2,1H3,(H,19,23). The molecule has 0 bridgehead atoms. The number of hydrogen-bond donors (Lipinski definition) is 2. The number of amides is 3. The number of rotatable bonds is 3. The third-order valence-corrected chi connectivity index (χ3v) is 4.60. The number of likely N-dealkylation sites (tertiary alicyclic amines) is 1. The highest BCUT2D eigenvalue weighted by Crippen LogP contribution is 2.27. The molecule has 2 fully saturated rings. The van der Waals surface area contributed by atoms with E-state index < -0.39 is 5.82 Å². The number of carbonyl (C=O) groups is 2. The molecule has 2 saturated heterocycles. The molecule has 6 nitrogen and oxygen atoms in total. The fraction of sp³-hybridized carbons (Fsp3) is 0.500. The molecule has 2 aliphatic rings. The van der Waals surface area contributed by atoms with Crippen LogP contribution in [0.15, 0.2) is 18.2 Å². The van der Waals surface area contributed by atoms with E-state index in [-0.39, 0.29) is 29.5 Å². The summed E-state index contributed by atoms with van der Waals surface area (Å²) in [5.74, 6) is -0.654. The molecule has 7 heteroatoms. The maximum absolute atomic E-state index is 14.2. The highest BCUT2D eigenvalue weighted by molar-refractivity contribution is 5.98. The summed E-state index contributed by atoms with van der Waals surface area (Å²) in [6.45, 7) is 4.06. The molecule has 23 heavy (non-hydrogen) atoms. The molecule has 3 rings (SSSR count). The zero-order chi connectivity index (χ0) is 16.6. The molecule has 2 unspecified atom stereocenters. The lowest BCUT2D eigenvalue weighted by atomic mass is 10.1. The van der Waals surface area contributed by atoms with Crippen molar-refractivity contribution in [1.29, 1.82) is 0 Å². The third-order valence-electron chi connectivity index (χ3n) is 4.60. The van der Waals surface area contributed by atoms with Gasteiger partial charge in [-0.1, -0.05) is 0 Å². The lowest BCUT2D eigenvalue weighted by molar-refractivity contribution is 0.0738. The molecule has 3 N–H and O–H groups in total. The monoisotopic (exact) mass is 320 g/mol. The Bertz CT molecular complexity index is 637. The summed E-state index contributed by atoms with van der Waals surface area (Å²) in [7, 11) is 0. The van der Waals surface area contributed by atoms with E-state index in [0.717, 1.165) is 6.42 Å². The van der Waals surface area contributed by atoms with Gasteiger partial charge in [0.2, 0.25) is 0 Å². The van der Waals surface area contributed by atoms with Crippen LogP contribution in [0.4, 0.5) is 14.9 Å². The number of nitrogens with one attached hydrogen (secondary N) is 1. The number of halogens is 1. The number of urea groups is 1. The summed E-state index contributed by atoms with van der Waals surface area (Å²) >= 11 is 0. The van der Waals surface area contributed by atoms with Crippen molar-refractivity contribution in [1.82, 2.24) is 10.2 Å². The van der Waals surface area contributed by atoms with Crippen molar-refractivity contribution in [3.8, 4) is 0 Å². The van der Waals surface area contributed by atoms with Crippen LogP contribution >= 0.6 is 0 Å². The molecule has 2 atom stereocenters. The van der Waals surface area contributed by atoms with Gasteiger partial charge in [0, 0.05) is 31.4 Å². The molecule has 1 aromatic carbocycles. The van der Waals surface area contributed by atoms with Gasteiger partial charge >= 0.3 is 6.03 Å². The minimum absolute atomic E-state index is 0.00622. The normalized spacial score (nSPS) is 24.2. The van der Waals surface area contributed by atoms with Gasteiger partial charge in [-0.2, -0.15) is 0 Å². The van der Waals surface area contributed by atoms with E-state index in [9.17, 15) is 14.0 Å². The lowest BCUT2D eigenvalue weighted by Crippen LogP contribution is -2.35. The van der Waals surface area contributed by atoms with Gasteiger partial charge in [0.15, 0.2) is 0 Å². The highest BCUT2D eigenvalue weighted by atomic mass is 19.1. The Morgan fingerprint density at radius 1 is 1.48 bits per heavy atom. The van der Waals surface area contributed by atoms with E-state index in [0.29, 0.717) is 31.9 Å². The van der Waals surface area contributed by atoms with Gasteiger partial charge in [-0.25, -0.2) is 9.18 Å². The Hall–Kier alpha value is -2.15. The number of nitrogens with two attached hydrogens (primary N) is 1. The Morgan fingerprint density at radius 3 is 2.87 bits per heavy atom. The predicted molar refractivity (Wildman–Crippen MR) is 84.8 cm³/mol. The first-order valence-corrected chi connectivity index (χ1v) is 7.87. The minimum atomic E-state index is -0.568. The zero-order valence-electron chi connectivity index (χ0n) is 13.1. The first-order chi connectivity index (χ1) is 11.0. The Balaban J connectivity index is 1.87. The molecule has 0 spiro atoms. The molecular formula is C16H21FN4O2. The molecule has 0 aliphatic carbocycles. The summed E-state index contributed by atoms with van der Waals surface area (Å²) in [6.07, 6.45) is 0.831. The smallest absolute Gasteiger partial charge is 0.321 e. The summed E-state index contributed by atoms with van der Waals surface area (Å²) in [4.78, 5) is 27.6. The van der Waals surface area contributed by atoms with Crippen LogP contribution in [0.5, 0.6) is 0 Å². The zero-order valence-corrected chi connectivity index (χ0v) is 13.1. The van der Waals surface area contributed by atoms with Crippen LogP contribution in [0.2, 0.25) is 0 Å². The maximum atomic E-state index is 14.2. The Kier molecular flexibility index (Phi) is 4.21.